The van der Waals surface area contributed by atoms with Crippen molar-refractivity contribution in [3.63, 3.8) is 0 Å². The standard InChI is InChI=1S/C13H15F2N3O3/c1-13(11(14)15)4-7(13)10(20)18-3-2-6-8(5-18)16-12(21)17-9(6)19/h7,11H,2-5H2,1H3,(H2,16,17,19,21). The maximum atomic E-state index is 12.9. The number of aromatic nitrogens is 2. The van der Waals surface area contributed by atoms with Crippen molar-refractivity contribution in [3.05, 3.63) is 32.1 Å². The molecule has 1 fully saturated rings. The Morgan fingerprint density at radius 3 is 2.71 bits per heavy atom. The Labute approximate surface area is 118 Å². The molecule has 2 atom stereocenters. The van der Waals surface area contributed by atoms with Crippen molar-refractivity contribution < 1.29 is 13.6 Å². The van der Waals surface area contributed by atoms with Gasteiger partial charge in [-0.1, -0.05) is 6.92 Å². The van der Waals surface area contributed by atoms with Crippen molar-refractivity contribution in [2.24, 2.45) is 11.3 Å². The zero-order chi connectivity index (χ0) is 15.4. The van der Waals surface area contributed by atoms with Gasteiger partial charge in [-0.05, 0) is 12.8 Å². The summed E-state index contributed by atoms with van der Waals surface area (Å²) in [6, 6.07) is 0. The van der Waals surface area contributed by atoms with Gasteiger partial charge in [-0.15, -0.1) is 0 Å². The molecule has 0 bridgehead atoms. The molecule has 0 radical (unpaired) electrons. The van der Waals surface area contributed by atoms with Gasteiger partial charge in [0.2, 0.25) is 12.3 Å². The van der Waals surface area contributed by atoms with Crippen molar-refractivity contribution in [1.82, 2.24) is 14.9 Å². The summed E-state index contributed by atoms with van der Waals surface area (Å²) in [6.45, 7) is 1.80. The molecule has 0 aromatic carbocycles. The zero-order valence-electron chi connectivity index (χ0n) is 11.4. The lowest BCUT2D eigenvalue weighted by molar-refractivity contribution is -0.135. The number of nitrogens with one attached hydrogen (secondary N) is 2. The van der Waals surface area contributed by atoms with Gasteiger partial charge < -0.3 is 9.88 Å². The number of fused-ring (bicyclic) bond motifs is 1. The average Bonchev–Trinajstić information content (AvgIpc) is 3.11. The van der Waals surface area contributed by atoms with E-state index < -0.39 is 29.0 Å². The molecule has 0 spiro atoms. The highest BCUT2D eigenvalue weighted by atomic mass is 19.3. The first-order valence-corrected chi connectivity index (χ1v) is 6.74. The molecule has 2 unspecified atom stereocenters. The highest BCUT2D eigenvalue weighted by molar-refractivity contribution is 5.83. The van der Waals surface area contributed by atoms with E-state index in [2.05, 4.69) is 9.97 Å². The van der Waals surface area contributed by atoms with E-state index in [4.69, 9.17) is 0 Å². The van der Waals surface area contributed by atoms with E-state index in [1.54, 1.807) is 0 Å². The molecule has 8 heteroatoms. The maximum Gasteiger partial charge on any atom is 0.325 e. The van der Waals surface area contributed by atoms with Gasteiger partial charge in [0.05, 0.1) is 6.54 Å². The van der Waals surface area contributed by atoms with Crippen LogP contribution in [0, 0.1) is 11.3 Å². The van der Waals surface area contributed by atoms with Crippen molar-refractivity contribution in [1.29, 1.82) is 0 Å². The SMILES string of the molecule is CC1(C(F)F)CC1C(=O)N1CCc2c([nH]c(=O)[nH]c2=O)C1. The average molecular weight is 299 g/mol. The Bertz CT molecular complexity index is 711. The van der Waals surface area contributed by atoms with Crippen LogP contribution in [0.2, 0.25) is 0 Å². The number of carbonyl (C=O) groups is 1. The molecule has 2 N–H and O–H groups in total. The van der Waals surface area contributed by atoms with E-state index >= 15 is 0 Å². The predicted molar refractivity (Wildman–Crippen MR) is 69.0 cm³/mol. The Balaban J connectivity index is 1.80. The fourth-order valence-electron chi connectivity index (χ4n) is 2.88. The molecule has 3 rings (SSSR count). The zero-order valence-corrected chi connectivity index (χ0v) is 11.4. The van der Waals surface area contributed by atoms with Crippen LogP contribution in [0.4, 0.5) is 8.78 Å². The van der Waals surface area contributed by atoms with Gasteiger partial charge in [0.1, 0.15) is 0 Å². The number of halogens is 2. The molecule has 21 heavy (non-hydrogen) atoms. The minimum Gasteiger partial charge on any atom is -0.336 e. The fourth-order valence-corrected chi connectivity index (χ4v) is 2.88. The smallest absolute Gasteiger partial charge is 0.325 e. The van der Waals surface area contributed by atoms with Gasteiger partial charge in [0.25, 0.3) is 5.56 Å². The third-order valence-electron chi connectivity index (χ3n) is 4.50. The Morgan fingerprint density at radius 1 is 1.38 bits per heavy atom. The fraction of sp³-hybridized carbons (Fsp3) is 0.615. The van der Waals surface area contributed by atoms with Gasteiger partial charge in [-0.25, -0.2) is 13.6 Å². The van der Waals surface area contributed by atoms with Gasteiger partial charge >= 0.3 is 5.69 Å². The van der Waals surface area contributed by atoms with Crippen LogP contribution in [0.15, 0.2) is 9.59 Å². The normalized spacial score (nSPS) is 27.6. The first-order chi connectivity index (χ1) is 9.83. The second-order valence-corrected chi connectivity index (χ2v) is 5.94. The van der Waals surface area contributed by atoms with E-state index in [9.17, 15) is 23.2 Å². The molecular weight excluding hydrogens is 284 g/mol. The molecule has 6 nitrogen and oxygen atoms in total. The molecule has 0 saturated heterocycles. The van der Waals surface area contributed by atoms with Crippen LogP contribution in [-0.4, -0.2) is 33.7 Å². The molecule has 1 aromatic heterocycles. The van der Waals surface area contributed by atoms with Gasteiger partial charge in [0, 0.05) is 29.1 Å². The largest absolute Gasteiger partial charge is 0.336 e. The second kappa shape index (κ2) is 4.51. The topological polar surface area (TPSA) is 86.0 Å². The predicted octanol–water partition coefficient (Wildman–Crippen LogP) is 0.239. The summed E-state index contributed by atoms with van der Waals surface area (Å²) in [5.74, 6) is -1.00. The summed E-state index contributed by atoms with van der Waals surface area (Å²) < 4.78 is 25.7. The molecule has 2 heterocycles. The van der Waals surface area contributed by atoms with Crippen LogP contribution >= 0.6 is 0 Å². The number of H-pyrrole nitrogens is 2. The number of hydrogen-bond acceptors (Lipinski definition) is 3. The van der Waals surface area contributed by atoms with Crippen molar-refractivity contribution in [2.75, 3.05) is 6.54 Å². The lowest BCUT2D eigenvalue weighted by atomic mass is 10.0. The summed E-state index contributed by atoms with van der Waals surface area (Å²) in [7, 11) is 0. The van der Waals surface area contributed by atoms with Gasteiger partial charge in [0.15, 0.2) is 0 Å². The van der Waals surface area contributed by atoms with E-state index in [-0.39, 0.29) is 18.9 Å². The summed E-state index contributed by atoms with van der Waals surface area (Å²) in [4.78, 5) is 41.2. The van der Waals surface area contributed by atoms with Crippen LogP contribution in [0.5, 0.6) is 0 Å². The Hall–Kier alpha value is -1.99. The van der Waals surface area contributed by atoms with E-state index in [1.165, 1.54) is 11.8 Å². The highest BCUT2D eigenvalue weighted by Gasteiger charge is 2.61. The molecule has 1 amide bonds. The molecule has 1 saturated carbocycles. The van der Waals surface area contributed by atoms with Crippen LogP contribution in [0.3, 0.4) is 0 Å². The highest BCUT2D eigenvalue weighted by Crippen LogP contribution is 2.57. The number of rotatable bonds is 2. The molecule has 1 aliphatic carbocycles. The number of hydrogen-bond donors (Lipinski definition) is 2. The maximum absolute atomic E-state index is 12.9. The summed E-state index contributed by atoms with van der Waals surface area (Å²) >= 11 is 0. The monoisotopic (exact) mass is 299 g/mol. The minimum absolute atomic E-state index is 0.0865. The lowest BCUT2D eigenvalue weighted by Crippen LogP contribution is -2.42. The lowest BCUT2D eigenvalue weighted by Gasteiger charge is -2.28. The van der Waals surface area contributed by atoms with E-state index in [1.807, 2.05) is 0 Å². The number of nitrogens with zero attached hydrogens (tertiary/aromatic N) is 1. The molecule has 1 aromatic rings. The third kappa shape index (κ3) is 2.18. The first kappa shape index (κ1) is 14.0. The first-order valence-electron chi connectivity index (χ1n) is 6.74. The van der Waals surface area contributed by atoms with E-state index in [0.29, 0.717) is 24.2 Å². The summed E-state index contributed by atoms with van der Waals surface area (Å²) in [5.41, 5.74) is -1.48. The minimum atomic E-state index is -2.52. The van der Waals surface area contributed by atoms with Crippen LogP contribution in [0.1, 0.15) is 24.6 Å². The number of amides is 1. The van der Waals surface area contributed by atoms with Crippen molar-refractivity contribution in [2.45, 2.75) is 32.7 Å². The second-order valence-electron chi connectivity index (χ2n) is 5.94. The van der Waals surface area contributed by atoms with Crippen LogP contribution < -0.4 is 11.2 Å². The number of alkyl halides is 2. The molecule has 114 valence electrons. The Kier molecular flexibility index (Phi) is 3.00. The van der Waals surface area contributed by atoms with Crippen molar-refractivity contribution >= 4 is 5.91 Å². The van der Waals surface area contributed by atoms with Gasteiger partial charge in [-0.3, -0.25) is 14.6 Å². The third-order valence-corrected chi connectivity index (χ3v) is 4.50. The molecular formula is C13H15F2N3O3. The number of carbonyl (C=O) groups excluding carboxylic acids is 1. The van der Waals surface area contributed by atoms with Crippen LogP contribution in [0.25, 0.3) is 0 Å². The molecule has 2 aliphatic rings. The van der Waals surface area contributed by atoms with E-state index in [0.717, 1.165) is 0 Å². The summed E-state index contributed by atoms with van der Waals surface area (Å²) in [6.07, 6.45) is -2.03. The van der Waals surface area contributed by atoms with Crippen LogP contribution in [-0.2, 0) is 17.8 Å². The Morgan fingerprint density at radius 2 is 2.10 bits per heavy atom. The number of aromatic amines is 2. The summed E-state index contributed by atoms with van der Waals surface area (Å²) in [5, 5.41) is 0. The quantitative estimate of drug-likeness (QED) is 0.820. The van der Waals surface area contributed by atoms with Crippen molar-refractivity contribution in [3.8, 4) is 0 Å². The van der Waals surface area contributed by atoms with Gasteiger partial charge in [-0.2, -0.15) is 0 Å². The molecule has 1 aliphatic heterocycles.